The summed E-state index contributed by atoms with van der Waals surface area (Å²) in [6.45, 7) is 6.55. The third-order valence-corrected chi connectivity index (χ3v) is 4.51. The molecule has 1 aromatic heterocycles. The van der Waals surface area contributed by atoms with E-state index in [1.807, 2.05) is 17.9 Å². The van der Waals surface area contributed by atoms with Gasteiger partial charge in [-0.2, -0.15) is 5.10 Å². The van der Waals surface area contributed by atoms with E-state index in [0.717, 1.165) is 32.9 Å². The molecule has 2 fully saturated rings. The lowest BCUT2D eigenvalue weighted by molar-refractivity contribution is -0.0875. The van der Waals surface area contributed by atoms with E-state index in [-0.39, 0.29) is 0 Å². The molecule has 1 aliphatic heterocycles. The van der Waals surface area contributed by atoms with Crippen LogP contribution in [0.3, 0.4) is 0 Å². The highest BCUT2D eigenvalue weighted by Crippen LogP contribution is 2.35. The Morgan fingerprint density at radius 1 is 1.45 bits per heavy atom. The number of hydrogen-bond donors (Lipinski definition) is 0. The molecule has 0 amide bonds. The van der Waals surface area contributed by atoms with Gasteiger partial charge >= 0.3 is 0 Å². The number of fused-ring (bicyclic) bond motifs is 1. The van der Waals surface area contributed by atoms with Crippen molar-refractivity contribution in [3.05, 3.63) is 18.0 Å². The van der Waals surface area contributed by atoms with Crippen LogP contribution in [0.1, 0.15) is 25.3 Å². The van der Waals surface area contributed by atoms with Crippen LogP contribution in [0.15, 0.2) is 12.4 Å². The van der Waals surface area contributed by atoms with Crippen molar-refractivity contribution in [1.29, 1.82) is 0 Å². The molecule has 0 spiro atoms. The second-order valence-electron chi connectivity index (χ2n) is 5.89. The molecule has 1 aromatic rings. The smallest absolute Gasteiger partial charge is 0.0781 e. The predicted octanol–water partition coefficient (Wildman–Crippen LogP) is 1.44. The van der Waals surface area contributed by atoms with E-state index < -0.39 is 0 Å². The van der Waals surface area contributed by atoms with E-state index in [0.29, 0.717) is 18.1 Å². The van der Waals surface area contributed by atoms with Gasteiger partial charge in [0.2, 0.25) is 0 Å². The number of rotatable bonds is 5. The summed E-state index contributed by atoms with van der Waals surface area (Å²) in [5, 5.41) is 4.26. The maximum Gasteiger partial charge on any atom is 0.0781 e. The monoisotopic (exact) mass is 279 g/mol. The van der Waals surface area contributed by atoms with Crippen LogP contribution < -0.4 is 0 Å². The summed E-state index contributed by atoms with van der Waals surface area (Å²) in [7, 11) is 1.97. The molecule has 1 aliphatic carbocycles. The molecule has 5 heteroatoms. The van der Waals surface area contributed by atoms with Crippen molar-refractivity contribution in [3.63, 3.8) is 0 Å². The zero-order valence-corrected chi connectivity index (χ0v) is 12.5. The van der Waals surface area contributed by atoms with Crippen molar-refractivity contribution in [2.45, 2.75) is 38.5 Å². The van der Waals surface area contributed by atoms with Crippen LogP contribution in [0, 0.1) is 5.92 Å². The van der Waals surface area contributed by atoms with Gasteiger partial charge in [0.05, 0.1) is 25.5 Å². The molecule has 1 saturated carbocycles. The molecule has 0 N–H and O–H groups in total. The number of hydrogen-bond acceptors (Lipinski definition) is 4. The predicted molar refractivity (Wildman–Crippen MR) is 76.4 cm³/mol. The van der Waals surface area contributed by atoms with Crippen LogP contribution in [0.5, 0.6) is 0 Å². The van der Waals surface area contributed by atoms with Crippen molar-refractivity contribution >= 4 is 0 Å². The van der Waals surface area contributed by atoms with Crippen molar-refractivity contribution in [2.75, 3.05) is 26.4 Å². The number of aryl methyl sites for hydroxylation is 1. The van der Waals surface area contributed by atoms with Gasteiger partial charge in [0.1, 0.15) is 0 Å². The van der Waals surface area contributed by atoms with E-state index in [4.69, 9.17) is 9.47 Å². The first-order chi connectivity index (χ1) is 9.78. The fraction of sp³-hybridized carbons (Fsp3) is 0.800. The standard InChI is InChI=1S/C15H25N3O2/c1-3-19-11-13-4-5-14-15(13)20-7-6-18(14)10-12-8-16-17(2)9-12/h8-9,13-15H,3-7,10-11H2,1-2H3/t13-,14+,15+/m1/s1. The summed E-state index contributed by atoms with van der Waals surface area (Å²) in [6, 6.07) is 0.550. The van der Waals surface area contributed by atoms with Crippen molar-refractivity contribution in [1.82, 2.24) is 14.7 Å². The van der Waals surface area contributed by atoms with E-state index in [9.17, 15) is 0 Å². The summed E-state index contributed by atoms with van der Waals surface area (Å²) in [6.07, 6.45) is 6.88. The second kappa shape index (κ2) is 6.24. The highest BCUT2D eigenvalue weighted by molar-refractivity contribution is 5.05. The topological polar surface area (TPSA) is 39.5 Å². The zero-order valence-electron chi connectivity index (χ0n) is 12.5. The minimum atomic E-state index is 0.354. The minimum Gasteiger partial charge on any atom is -0.381 e. The Morgan fingerprint density at radius 3 is 3.10 bits per heavy atom. The number of ether oxygens (including phenoxy) is 2. The maximum atomic E-state index is 6.04. The van der Waals surface area contributed by atoms with E-state index in [1.165, 1.54) is 18.4 Å². The fourth-order valence-electron chi connectivity index (χ4n) is 3.57. The largest absolute Gasteiger partial charge is 0.381 e. The van der Waals surface area contributed by atoms with Gasteiger partial charge in [-0.05, 0) is 19.8 Å². The fourth-order valence-corrected chi connectivity index (χ4v) is 3.57. The molecule has 0 unspecified atom stereocenters. The summed E-state index contributed by atoms with van der Waals surface area (Å²) in [5.41, 5.74) is 1.29. The second-order valence-corrected chi connectivity index (χ2v) is 5.89. The SMILES string of the molecule is CCOC[C@H]1CC[C@H]2[C@H]1OCCN2Cc1cnn(C)c1. The summed E-state index contributed by atoms with van der Waals surface area (Å²) < 4.78 is 13.5. The third kappa shape index (κ3) is 2.90. The molecule has 2 aliphatic rings. The molecular formula is C15H25N3O2. The lowest BCUT2D eigenvalue weighted by atomic mass is 10.0. The van der Waals surface area contributed by atoms with Crippen molar-refractivity contribution < 1.29 is 9.47 Å². The minimum absolute atomic E-state index is 0.354. The summed E-state index contributed by atoms with van der Waals surface area (Å²) in [4.78, 5) is 2.57. The summed E-state index contributed by atoms with van der Waals surface area (Å²) in [5.74, 6) is 0.566. The molecule has 0 bridgehead atoms. The Kier molecular flexibility index (Phi) is 4.38. The average molecular weight is 279 g/mol. The van der Waals surface area contributed by atoms with E-state index in [1.54, 1.807) is 0 Å². The van der Waals surface area contributed by atoms with Gasteiger partial charge in [-0.1, -0.05) is 0 Å². The van der Waals surface area contributed by atoms with Crippen LogP contribution in [0.4, 0.5) is 0 Å². The summed E-state index contributed by atoms with van der Waals surface area (Å²) >= 11 is 0. The molecule has 2 heterocycles. The van der Waals surface area contributed by atoms with Gasteiger partial charge in [0.15, 0.2) is 0 Å². The van der Waals surface area contributed by atoms with Crippen LogP contribution in [-0.2, 0) is 23.1 Å². The van der Waals surface area contributed by atoms with Gasteiger partial charge in [0.25, 0.3) is 0 Å². The molecule has 3 rings (SSSR count). The van der Waals surface area contributed by atoms with Gasteiger partial charge in [-0.15, -0.1) is 0 Å². The first-order valence-corrected chi connectivity index (χ1v) is 7.69. The zero-order chi connectivity index (χ0) is 13.9. The lowest BCUT2D eigenvalue weighted by Crippen LogP contribution is -2.50. The van der Waals surface area contributed by atoms with Crippen LogP contribution in [0.25, 0.3) is 0 Å². The third-order valence-electron chi connectivity index (χ3n) is 4.51. The van der Waals surface area contributed by atoms with Crippen molar-refractivity contribution in [2.24, 2.45) is 13.0 Å². The molecule has 5 nitrogen and oxygen atoms in total. The van der Waals surface area contributed by atoms with E-state index >= 15 is 0 Å². The average Bonchev–Trinajstić information content (AvgIpc) is 3.04. The molecule has 0 radical (unpaired) electrons. The van der Waals surface area contributed by atoms with Gasteiger partial charge in [-0.3, -0.25) is 9.58 Å². The molecule has 20 heavy (non-hydrogen) atoms. The quantitative estimate of drug-likeness (QED) is 0.817. The highest BCUT2D eigenvalue weighted by Gasteiger charge is 2.42. The Hall–Kier alpha value is -0.910. The van der Waals surface area contributed by atoms with E-state index in [2.05, 4.69) is 23.1 Å². The van der Waals surface area contributed by atoms with Crippen LogP contribution >= 0.6 is 0 Å². The first-order valence-electron chi connectivity index (χ1n) is 7.69. The lowest BCUT2D eigenvalue weighted by Gasteiger charge is -2.39. The van der Waals surface area contributed by atoms with Crippen LogP contribution in [0.2, 0.25) is 0 Å². The van der Waals surface area contributed by atoms with Crippen LogP contribution in [-0.4, -0.2) is 53.2 Å². The number of nitrogens with zero attached hydrogens (tertiary/aromatic N) is 3. The first kappa shape index (κ1) is 14.0. The normalized spacial score (nSPS) is 30.6. The maximum absolute atomic E-state index is 6.04. The highest BCUT2D eigenvalue weighted by atomic mass is 16.5. The van der Waals surface area contributed by atoms with Crippen molar-refractivity contribution in [3.8, 4) is 0 Å². The molecular weight excluding hydrogens is 254 g/mol. The number of aromatic nitrogens is 2. The Morgan fingerprint density at radius 2 is 2.35 bits per heavy atom. The molecule has 1 saturated heterocycles. The number of morpholine rings is 1. The Labute approximate surface area is 120 Å². The van der Waals surface area contributed by atoms with Gasteiger partial charge < -0.3 is 9.47 Å². The van der Waals surface area contributed by atoms with Gasteiger partial charge in [-0.25, -0.2) is 0 Å². The molecule has 112 valence electrons. The van der Waals surface area contributed by atoms with Gasteiger partial charge in [0, 0.05) is 50.5 Å². The molecule has 3 atom stereocenters. The Balaban J connectivity index is 1.62. The Bertz CT molecular complexity index is 435. The molecule has 0 aromatic carbocycles.